The summed E-state index contributed by atoms with van der Waals surface area (Å²) in [4.78, 5) is 41.5. The van der Waals surface area contributed by atoms with Gasteiger partial charge in [0, 0.05) is 35.0 Å². The average molecular weight is 529 g/mol. The predicted octanol–water partition coefficient (Wildman–Crippen LogP) is 6.03. The van der Waals surface area contributed by atoms with E-state index in [-0.39, 0.29) is 29.7 Å². The quantitative estimate of drug-likeness (QED) is 0.226. The van der Waals surface area contributed by atoms with Gasteiger partial charge in [0.25, 0.3) is 11.6 Å². The van der Waals surface area contributed by atoms with Gasteiger partial charge in [-0.1, -0.05) is 41.9 Å². The van der Waals surface area contributed by atoms with Crippen molar-refractivity contribution in [3.8, 4) is 5.69 Å². The first-order valence-corrected chi connectivity index (χ1v) is 12.5. The van der Waals surface area contributed by atoms with Crippen LogP contribution in [0.2, 0.25) is 5.02 Å². The molecule has 1 aromatic heterocycles. The Balaban J connectivity index is 1.56. The van der Waals surface area contributed by atoms with E-state index in [2.05, 4.69) is 4.57 Å². The van der Waals surface area contributed by atoms with Gasteiger partial charge in [0.15, 0.2) is 0 Å². The first kappa shape index (κ1) is 25.2. The molecule has 1 unspecified atom stereocenters. The molecule has 0 bridgehead atoms. The fourth-order valence-electron chi connectivity index (χ4n) is 4.85. The van der Waals surface area contributed by atoms with Crippen molar-refractivity contribution in [3.05, 3.63) is 123 Å². The normalized spacial score (nSPS) is 14.1. The summed E-state index contributed by atoms with van der Waals surface area (Å²) in [6, 6.07) is 23.7. The van der Waals surface area contributed by atoms with Crippen molar-refractivity contribution in [2.24, 2.45) is 0 Å². The maximum atomic E-state index is 14.2. The number of para-hydroxylation sites is 2. The first-order chi connectivity index (χ1) is 18.3. The van der Waals surface area contributed by atoms with Gasteiger partial charge in [-0.25, -0.2) is 0 Å². The number of nitro groups is 1. The molecular formula is C29H25ClN4O4. The summed E-state index contributed by atoms with van der Waals surface area (Å²) in [5.74, 6) is -0.730. The number of hydrogen-bond donors (Lipinski definition) is 0. The number of rotatable bonds is 6. The summed E-state index contributed by atoms with van der Waals surface area (Å²) >= 11 is 6.17. The molecule has 8 nitrogen and oxygen atoms in total. The van der Waals surface area contributed by atoms with Gasteiger partial charge in [0.1, 0.15) is 12.6 Å². The summed E-state index contributed by atoms with van der Waals surface area (Å²) in [6.45, 7) is 3.42. The molecule has 2 amide bonds. The number of carbonyl (C=O) groups excluding carboxylic acids is 2. The Labute approximate surface area is 224 Å². The Hall–Kier alpha value is -4.43. The smallest absolute Gasteiger partial charge is 0.270 e. The molecule has 4 aromatic rings. The molecule has 0 spiro atoms. The Morgan fingerprint density at radius 3 is 2.37 bits per heavy atom. The summed E-state index contributed by atoms with van der Waals surface area (Å²) in [7, 11) is 0. The highest BCUT2D eigenvalue weighted by molar-refractivity contribution is 6.30. The van der Waals surface area contributed by atoms with Crippen molar-refractivity contribution in [1.29, 1.82) is 0 Å². The number of non-ortho nitro benzene ring substituents is 1. The lowest BCUT2D eigenvalue weighted by Crippen LogP contribution is -2.48. The monoisotopic (exact) mass is 528 g/mol. The van der Waals surface area contributed by atoms with Gasteiger partial charge < -0.3 is 9.47 Å². The molecule has 1 aliphatic rings. The Morgan fingerprint density at radius 2 is 1.68 bits per heavy atom. The number of halogens is 1. The van der Waals surface area contributed by atoms with E-state index in [1.807, 2.05) is 68.6 Å². The number of aromatic nitrogens is 1. The van der Waals surface area contributed by atoms with E-state index in [9.17, 15) is 19.7 Å². The summed E-state index contributed by atoms with van der Waals surface area (Å²) in [5, 5.41) is 11.9. The van der Waals surface area contributed by atoms with Crippen LogP contribution in [0.3, 0.4) is 0 Å². The summed E-state index contributed by atoms with van der Waals surface area (Å²) in [6.07, 6.45) is 1.96. The third-order valence-corrected chi connectivity index (χ3v) is 6.92. The van der Waals surface area contributed by atoms with E-state index in [4.69, 9.17) is 11.6 Å². The lowest BCUT2D eigenvalue weighted by atomic mass is 9.97. The van der Waals surface area contributed by atoms with Crippen molar-refractivity contribution in [2.75, 3.05) is 11.4 Å². The van der Waals surface area contributed by atoms with Crippen LogP contribution in [-0.4, -0.2) is 38.8 Å². The van der Waals surface area contributed by atoms with Gasteiger partial charge in [-0.3, -0.25) is 24.6 Å². The van der Waals surface area contributed by atoms with E-state index in [0.29, 0.717) is 10.7 Å². The number of hydrogen-bond acceptors (Lipinski definition) is 4. The van der Waals surface area contributed by atoms with Crippen molar-refractivity contribution < 1.29 is 14.5 Å². The third-order valence-electron chi connectivity index (χ3n) is 6.67. The van der Waals surface area contributed by atoms with Crippen LogP contribution in [0.5, 0.6) is 0 Å². The molecule has 2 heterocycles. The van der Waals surface area contributed by atoms with Crippen LogP contribution in [0.1, 0.15) is 41.5 Å². The third kappa shape index (κ3) is 4.54. The Bertz CT molecular complexity index is 1530. The number of fused-ring (bicyclic) bond motifs is 3. The number of benzene rings is 3. The molecule has 1 atom stereocenters. The van der Waals surface area contributed by atoms with Crippen LogP contribution < -0.4 is 4.90 Å². The van der Waals surface area contributed by atoms with E-state index >= 15 is 0 Å². The minimum atomic E-state index is -0.544. The number of nitrogens with zero attached hydrogens (tertiary/aromatic N) is 4. The number of amides is 2. The predicted molar refractivity (Wildman–Crippen MR) is 146 cm³/mol. The van der Waals surface area contributed by atoms with E-state index < -0.39 is 16.9 Å². The molecule has 0 aliphatic carbocycles. The van der Waals surface area contributed by atoms with E-state index in [1.54, 1.807) is 17.0 Å². The van der Waals surface area contributed by atoms with Gasteiger partial charge in [0.05, 0.1) is 22.0 Å². The molecule has 1 aliphatic heterocycles. The molecule has 0 radical (unpaired) electrons. The maximum absolute atomic E-state index is 14.2. The topological polar surface area (TPSA) is 88.7 Å². The highest BCUT2D eigenvalue weighted by Gasteiger charge is 2.37. The molecule has 0 N–H and O–H groups in total. The lowest BCUT2D eigenvalue weighted by molar-refractivity contribution is -0.384. The molecule has 0 saturated heterocycles. The fraction of sp³-hybridized carbons (Fsp3) is 0.172. The largest absolute Gasteiger partial charge is 0.327 e. The molecule has 0 saturated carbocycles. The molecule has 5 rings (SSSR count). The standard InChI is InChI=1S/C29H25ClN4O4/c1-19(2)32(29(36)21-7-5-8-23(17-21)34(37)38)18-27(35)33-25-10-4-3-9-24(25)31-16-6-11-26(31)28(33)20-12-14-22(30)15-13-20/h3-17,19,28H,18H2,1-2H3. The summed E-state index contributed by atoms with van der Waals surface area (Å²) in [5.41, 5.74) is 3.32. The fourth-order valence-corrected chi connectivity index (χ4v) is 4.98. The highest BCUT2D eigenvalue weighted by Crippen LogP contribution is 2.42. The number of carbonyl (C=O) groups is 2. The molecule has 9 heteroatoms. The molecule has 0 fully saturated rings. The van der Waals surface area contributed by atoms with Crippen molar-refractivity contribution in [3.63, 3.8) is 0 Å². The van der Waals surface area contributed by atoms with Crippen LogP contribution in [0.15, 0.2) is 91.1 Å². The Morgan fingerprint density at radius 1 is 0.974 bits per heavy atom. The Kier molecular flexibility index (Phi) is 6.73. The van der Waals surface area contributed by atoms with Crippen molar-refractivity contribution in [1.82, 2.24) is 9.47 Å². The van der Waals surface area contributed by atoms with Crippen molar-refractivity contribution in [2.45, 2.75) is 25.9 Å². The number of nitro benzene ring substituents is 1. The second-order valence-electron chi connectivity index (χ2n) is 9.34. The second kappa shape index (κ2) is 10.1. The minimum Gasteiger partial charge on any atom is -0.327 e. The zero-order chi connectivity index (χ0) is 27.0. The van der Waals surface area contributed by atoms with Gasteiger partial charge in [-0.2, -0.15) is 0 Å². The number of anilines is 1. The first-order valence-electron chi connectivity index (χ1n) is 12.2. The molecule has 38 heavy (non-hydrogen) atoms. The zero-order valence-corrected chi connectivity index (χ0v) is 21.6. The van der Waals surface area contributed by atoms with Gasteiger partial charge in [0.2, 0.25) is 5.91 Å². The van der Waals surface area contributed by atoms with Crippen LogP contribution >= 0.6 is 11.6 Å². The van der Waals surface area contributed by atoms with Crippen LogP contribution in [0.4, 0.5) is 11.4 Å². The van der Waals surface area contributed by atoms with Gasteiger partial charge >= 0.3 is 0 Å². The van der Waals surface area contributed by atoms with E-state index in [1.165, 1.54) is 29.2 Å². The van der Waals surface area contributed by atoms with Crippen LogP contribution in [0, 0.1) is 10.1 Å². The van der Waals surface area contributed by atoms with Crippen LogP contribution in [0.25, 0.3) is 5.69 Å². The van der Waals surface area contributed by atoms with Crippen LogP contribution in [-0.2, 0) is 4.79 Å². The highest BCUT2D eigenvalue weighted by atomic mass is 35.5. The van der Waals surface area contributed by atoms with E-state index in [0.717, 1.165) is 16.9 Å². The lowest BCUT2D eigenvalue weighted by Gasteiger charge is -2.40. The molecular weight excluding hydrogens is 504 g/mol. The van der Waals surface area contributed by atoms with Gasteiger partial charge in [-0.15, -0.1) is 0 Å². The zero-order valence-electron chi connectivity index (χ0n) is 20.8. The van der Waals surface area contributed by atoms with Crippen molar-refractivity contribution >= 4 is 34.8 Å². The minimum absolute atomic E-state index is 0.155. The maximum Gasteiger partial charge on any atom is 0.270 e. The average Bonchev–Trinajstić information content (AvgIpc) is 3.41. The molecule has 3 aromatic carbocycles. The SMILES string of the molecule is CC(C)N(CC(=O)N1c2ccccc2-n2cccc2C1c1ccc(Cl)cc1)C(=O)c1cccc([N+](=O)[O-])c1. The summed E-state index contributed by atoms with van der Waals surface area (Å²) < 4.78 is 2.06. The second-order valence-corrected chi connectivity index (χ2v) is 9.78. The van der Waals surface area contributed by atoms with Gasteiger partial charge in [-0.05, 0) is 61.9 Å². The molecule has 192 valence electrons.